The topological polar surface area (TPSA) is 93.0 Å². The molecule has 8 nitrogen and oxygen atoms in total. The number of amides is 2. The summed E-state index contributed by atoms with van der Waals surface area (Å²) in [6, 6.07) is 9.12. The van der Waals surface area contributed by atoms with Gasteiger partial charge in [0.1, 0.15) is 18.9 Å². The van der Waals surface area contributed by atoms with Gasteiger partial charge < -0.3 is 10.2 Å². The maximum Gasteiger partial charge on any atom is 0.245 e. The predicted molar refractivity (Wildman–Crippen MR) is 85.7 cm³/mol. The van der Waals surface area contributed by atoms with E-state index >= 15 is 0 Å². The molecule has 0 saturated carbocycles. The van der Waals surface area contributed by atoms with Crippen molar-refractivity contribution in [3.8, 4) is 0 Å². The van der Waals surface area contributed by atoms with Crippen LogP contribution in [0.25, 0.3) is 0 Å². The Kier molecular flexibility index (Phi) is 5.15. The summed E-state index contributed by atoms with van der Waals surface area (Å²) in [5.41, 5.74) is 1.01. The molecule has 3 rings (SSSR count). The maximum absolute atomic E-state index is 12.8. The van der Waals surface area contributed by atoms with Gasteiger partial charge in [-0.2, -0.15) is 0 Å². The fraction of sp³-hybridized carbons (Fsp3) is 0.438. The van der Waals surface area contributed by atoms with Crippen LogP contribution < -0.4 is 5.32 Å². The molecule has 1 aliphatic heterocycles. The third-order valence-corrected chi connectivity index (χ3v) is 4.03. The quantitative estimate of drug-likeness (QED) is 0.807. The molecule has 1 fully saturated rings. The first kappa shape index (κ1) is 16.1. The summed E-state index contributed by atoms with van der Waals surface area (Å²) in [4.78, 5) is 26.8. The number of carbonyl (C=O) groups is 2. The first-order chi connectivity index (χ1) is 11.7. The van der Waals surface area contributed by atoms with E-state index in [0.717, 1.165) is 31.5 Å². The zero-order valence-corrected chi connectivity index (χ0v) is 13.3. The van der Waals surface area contributed by atoms with Crippen LogP contribution in [0.3, 0.4) is 0 Å². The number of nitrogens with one attached hydrogen (secondary N) is 1. The van der Waals surface area contributed by atoms with Gasteiger partial charge in [0.25, 0.3) is 0 Å². The zero-order valence-electron chi connectivity index (χ0n) is 13.3. The highest BCUT2D eigenvalue weighted by Crippen LogP contribution is 2.12. The highest BCUT2D eigenvalue weighted by molar-refractivity contribution is 5.88. The number of hydrogen-bond donors (Lipinski definition) is 1. The van der Waals surface area contributed by atoms with Gasteiger partial charge in [0, 0.05) is 19.5 Å². The molecule has 1 aromatic heterocycles. The molecule has 0 spiro atoms. The van der Waals surface area contributed by atoms with Crippen molar-refractivity contribution in [3.05, 3.63) is 42.2 Å². The second kappa shape index (κ2) is 7.67. The Balaban J connectivity index is 1.68. The molecule has 1 atom stereocenters. The smallest absolute Gasteiger partial charge is 0.245 e. The number of aromatic nitrogens is 4. The second-order valence-electron chi connectivity index (χ2n) is 5.85. The van der Waals surface area contributed by atoms with E-state index < -0.39 is 6.04 Å². The Hall–Kier alpha value is -2.77. The molecule has 2 amide bonds. The molecule has 8 heteroatoms. The van der Waals surface area contributed by atoms with Gasteiger partial charge in [0.05, 0.1) is 0 Å². The van der Waals surface area contributed by atoms with Crippen molar-refractivity contribution < 1.29 is 9.59 Å². The van der Waals surface area contributed by atoms with Crippen molar-refractivity contribution in [3.63, 3.8) is 0 Å². The molecule has 0 aliphatic carbocycles. The van der Waals surface area contributed by atoms with E-state index in [1.165, 1.54) is 11.0 Å². The highest BCUT2D eigenvalue weighted by atomic mass is 16.2. The summed E-state index contributed by atoms with van der Waals surface area (Å²) >= 11 is 0. The average Bonchev–Trinajstić information content (AvgIpc) is 3.28. The Morgan fingerprint density at radius 2 is 1.92 bits per heavy atom. The lowest BCUT2D eigenvalue weighted by atomic mass is 10.0. The van der Waals surface area contributed by atoms with Crippen molar-refractivity contribution >= 4 is 11.8 Å². The third-order valence-electron chi connectivity index (χ3n) is 4.03. The predicted octanol–water partition coefficient (Wildman–Crippen LogP) is 0.0230. The fourth-order valence-electron chi connectivity index (χ4n) is 2.85. The third kappa shape index (κ3) is 4.15. The minimum absolute atomic E-state index is 0.00836. The lowest BCUT2D eigenvalue weighted by Gasteiger charge is -2.24. The van der Waals surface area contributed by atoms with E-state index in [0.29, 0.717) is 6.42 Å². The molecule has 24 heavy (non-hydrogen) atoms. The molecule has 0 radical (unpaired) electrons. The Bertz CT molecular complexity index is 667. The van der Waals surface area contributed by atoms with Gasteiger partial charge in [0.2, 0.25) is 11.8 Å². The minimum Gasteiger partial charge on any atom is -0.342 e. The number of tetrazole rings is 1. The van der Waals surface area contributed by atoms with Crippen LogP contribution >= 0.6 is 0 Å². The van der Waals surface area contributed by atoms with E-state index in [4.69, 9.17) is 0 Å². The number of likely N-dealkylation sites (tertiary alicyclic amines) is 1. The highest BCUT2D eigenvalue weighted by Gasteiger charge is 2.28. The molecule has 2 heterocycles. The summed E-state index contributed by atoms with van der Waals surface area (Å²) in [7, 11) is 0. The van der Waals surface area contributed by atoms with Crippen molar-refractivity contribution in [2.24, 2.45) is 0 Å². The van der Waals surface area contributed by atoms with Gasteiger partial charge in [0.15, 0.2) is 0 Å². The van der Waals surface area contributed by atoms with Crippen LogP contribution in [-0.2, 0) is 22.6 Å². The lowest BCUT2D eigenvalue weighted by molar-refractivity contribution is -0.135. The zero-order chi connectivity index (χ0) is 16.8. The summed E-state index contributed by atoms with van der Waals surface area (Å²) in [5, 5.41) is 13.5. The number of nitrogens with zero attached hydrogens (tertiary/aromatic N) is 5. The van der Waals surface area contributed by atoms with Crippen molar-refractivity contribution in [2.75, 3.05) is 13.1 Å². The van der Waals surface area contributed by atoms with Crippen LogP contribution in [0.1, 0.15) is 18.4 Å². The standard InChI is InChI=1S/C16H20N6O2/c23-15(11-22-12-17-19-20-22)18-14(10-13-6-2-1-3-7-13)16(24)21-8-4-5-9-21/h1-3,6-7,12,14H,4-5,8-11H2,(H,18,23)/t14-/m0/s1. The number of rotatable bonds is 6. The first-order valence-electron chi connectivity index (χ1n) is 8.05. The van der Waals surface area contributed by atoms with Crippen molar-refractivity contribution in [1.82, 2.24) is 30.4 Å². The average molecular weight is 328 g/mol. The number of carbonyl (C=O) groups excluding carboxylic acids is 2. The monoisotopic (exact) mass is 328 g/mol. The van der Waals surface area contributed by atoms with Crippen LogP contribution in [0.4, 0.5) is 0 Å². The van der Waals surface area contributed by atoms with Crippen molar-refractivity contribution in [1.29, 1.82) is 0 Å². The van der Waals surface area contributed by atoms with E-state index in [1.54, 1.807) is 0 Å². The van der Waals surface area contributed by atoms with Gasteiger partial charge >= 0.3 is 0 Å². The van der Waals surface area contributed by atoms with E-state index in [-0.39, 0.29) is 18.4 Å². The van der Waals surface area contributed by atoms with Gasteiger partial charge in [-0.05, 0) is 28.8 Å². The minimum atomic E-state index is -0.575. The summed E-state index contributed by atoms with van der Waals surface area (Å²) in [6.07, 6.45) is 3.87. The SMILES string of the molecule is O=C(Cn1cnnn1)N[C@@H](Cc1ccccc1)C(=O)N1CCCC1. The van der Waals surface area contributed by atoms with E-state index in [1.807, 2.05) is 35.2 Å². The van der Waals surface area contributed by atoms with Crippen LogP contribution in [0, 0.1) is 0 Å². The first-order valence-corrected chi connectivity index (χ1v) is 8.05. The molecule has 1 N–H and O–H groups in total. The molecular weight excluding hydrogens is 308 g/mol. The van der Waals surface area contributed by atoms with E-state index in [2.05, 4.69) is 20.8 Å². The molecular formula is C16H20N6O2. The van der Waals surface area contributed by atoms with Crippen LogP contribution in [0.15, 0.2) is 36.7 Å². The Labute approximate surface area is 139 Å². The molecule has 0 unspecified atom stereocenters. The maximum atomic E-state index is 12.8. The summed E-state index contributed by atoms with van der Waals surface area (Å²) in [6.45, 7) is 1.51. The van der Waals surface area contributed by atoms with Crippen LogP contribution in [0.5, 0.6) is 0 Å². The van der Waals surface area contributed by atoms with Gasteiger partial charge in [-0.1, -0.05) is 30.3 Å². The molecule has 2 aromatic rings. The van der Waals surface area contributed by atoms with Gasteiger partial charge in [-0.3, -0.25) is 9.59 Å². The summed E-state index contributed by atoms with van der Waals surface area (Å²) in [5.74, 6) is -0.308. The molecule has 0 bridgehead atoms. The number of hydrogen-bond acceptors (Lipinski definition) is 5. The number of benzene rings is 1. The second-order valence-corrected chi connectivity index (χ2v) is 5.85. The lowest BCUT2D eigenvalue weighted by Crippen LogP contribution is -2.49. The molecule has 1 aromatic carbocycles. The van der Waals surface area contributed by atoms with E-state index in [9.17, 15) is 9.59 Å². The Morgan fingerprint density at radius 3 is 2.58 bits per heavy atom. The van der Waals surface area contributed by atoms with Crippen molar-refractivity contribution in [2.45, 2.75) is 31.8 Å². The molecule has 126 valence electrons. The molecule has 1 aliphatic rings. The van der Waals surface area contributed by atoms with Gasteiger partial charge in [-0.15, -0.1) is 5.10 Å². The molecule has 1 saturated heterocycles. The van der Waals surface area contributed by atoms with Crippen LogP contribution in [0.2, 0.25) is 0 Å². The van der Waals surface area contributed by atoms with Crippen LogP contribution in [-0.4, -0.2) is 56.1 Å². The Morgan fingerprint density at radius 1 is 1.17 bits per heavy atom. The summed E-state index contributed by atoms with van der Waals surface area (Å²) < 4.78 is 1.33. The largest absolute Gasteiger partial charge is 0.342 e. The fourth-order valence-corrected chi connectivity index (χ4v) is 2.85. The normalized spacial score (nSPS) is 15.2. The van der Waals surface area contributed by atoms with Gasteiger partial charge in [-0.25, -0.2) is 4.68 Å².